The van der Waals surface area contributed by atoms with Crippen molar-refractivity contribution in [1.82, 2.24) is 10.2 Å². The highest BCUT2D eigenvalue weighted by atomic mass is 16.5. The van der Waals surface area contributed by atoms with Crippen LogP contribution in [0.25, 0.3) is 0 Å². The Hall–Kier alpha value is -3.64. The molecule has 1 saturated heterocycles. The molecule has 0 unspecified atom stereocenters. The van der Waals surface area contributed by atoms with Gasteiger partial charge in [-0.2, -0.15) is 0 Å². The summed E-state index contributed by atoms with van der Waals surface area (Å²) >= 11 is 0. The second-order valence-corrected chi connectivity index (χ2v) is 9.05. The van der Waals surface area contributed by atoms with Gasteiger partial charge in [0, 0.05) is 26.1 Å². The fourth-order valence-corrected chi connectivity index (χ4v) is 4.52. The van der Waals surface area contributed by atoms with Crippen LogP contribution < -0.4 is 10.1 Å². The van der Waals surface area contributed by atoms with Crippen LogP contribution in [0.2, 0.25) is 0 Å². The van der Waals surface area contributed by atoms with Crippen molar-refractivity contribution in [3.8, 4) is 5.75 Å². The minimum absolute atomic E-state index is 0.0224. The summed E-state index contributed by atoms with van der Waals surface area (Å²) in [5, 5.41) is 3.06. The van der Waals surface area contributed by atoms with Gasteiger partial charge in [-0.15, -0.1) is 0 Å². The van der Waals surface area contributed by atoms with E-state index in [2.05, 4.69) is 5.32 Å². The van der Waals surface area contributed by atoms with Gasteiger partial charge in [0.2, 0.25) is 11.8 Å². The van der Waals surface area contributed by atoms with Gasteiger partial charge in [-0.3, -0.25) is 9.59 Å². The summed E-state index contributed by atoms with van der Waals surface area (Å²) < 4.78 is 11.0. The Kier molecular flexibility index (Phi) is 9.11. The van der Waals surface area contributed by atoms with E-state index in [1.54, 1.807) is 12.0 Å². The molecular formula is C30H34N2O4. The van der Waals surface area contributed by atoms with E-state index in [-0.39, 0.29) is 17.9 Å². The number of hydrogen-bond donors (Lipinski definition) is 1. The average Bonchev–Trinajstić information content (AvgIpc) is 3.45. The molecule has 2 amide bonds. The van der Waals surface area contributed by atoms with Crippen LogP contribution in [0.15, 0.2) is 84.9 Å². The predicted molar refractivity (Wildman–Crippen MR) is 139 cm³/mol. The molecule has 0 aromatic heterocycles. The number of amides is 2. The summed E-state index contributed by atoms with van der Waals surface area (Å²) in [6.07, 6.45) is 2.88. The standard InChI is InChI=1S/C30H34N2O4/c1-35-26-17-14-24(15-18-26)22-32(28(33)19-16-23-9-4-2-5-10-23)29(25-11-6-3-7-12-25)30(34)31-21-27-13-8-20-36-27/h2-7,9-12,14-15,17-18,27,29H,8,13,16,19-22H2,1H3,(H,31,34)/t27-,29+/m0/s1. The van der Waals surface area contributed by atoms with Crippen LogP contribution in [0.5, 0.6) is 5.75 Å². The second kappa shape index (κ2) is 12.9. The molecule has 2 atom stereocenters. The van der Waals surface area contributed by atoms with Crippen LogP contribution in [0.3, 0.4) is 0 Å². The van der Waals surface area contributed by atoms with Crippen molar-refractivity contribution in [2.45, 2.75) is 44.4 Å². The number of rotatable bonds is 11. The maximum absolute atomic E-state index is 13.7. The van der Waals surface area contributed by atoms with Crippen molar-refractivity contribution in [2.24, 2.45) is 0 Å². The van der Waals surface area contributed by atoms with E-state index >= 15 is 0 Å². The van der Waals surface area contributed by atoms with Crippen LogP contribution in [-0.2, 0) is 27.3 Å². The zero-order chi connectivity index (χ0) is 25.2. The second-order valence-electron chi connectivity index (χ2n) is 9.05. The summed E-state index contributed by atoms with van der Waals surface area (Å²) in [5.74, 6) is 0.476. The highest BCUT2D eigenvalue weighted by Crippen LogP contribution is 2.26. The number of carbonyl (C=O) groups is 2. The summed E-state index contributed by atoms with van der Waals surface area (Å²) in [7, 11) is 1.62. The lowest BCUT2D eigenvalue weighted by molar-refractivity contribution is -0.141. The van der Waals surface area contributed by atoms with Crippen molar-refractivity contribution < 1.29 is 19.1 Å². The molecule has 1 aliphatic heterocycles. The van der Waals surface area contributed by atoms with Gasteiger partial charge < -0.3 is 19.7 Å². The highest BCUT2D eigenvalue weighted by molar-refractivity contribution is 5.88. The normalized spacial score (nSPS) is 15.8. The lowest BCUT2D eigenvalue weighted by Gasteiger charge is -2.32. The molecule has 0 saturated carbocycles. The van der Waals surface area contributed by atoms with Gasteiger partial charge in [-0.05, 0) is 48.1 Å². The maximum atomic E-state index is 13.7. The number of carbonyl (C=O) groups excluding carboxylic acids is 2. The largest absolute Gasteiger partial charge is 0.497 e. The fourth-order valence-electron chi connectivity index (χ4n) is 4.52. The van der Waals surface area contributed by atoms with E-state index in [0.29, 0.717) is 25.9 Å². The Morgan fingerprint density at radius 3 is 2.31 bits per heavy atom. The molecule has 1 heterocycles. The molecule has 6 nitrogen and oxygen atoms in total. The molecule has 0 bridgehead atoms. The first kappa shape index (κ1) is 25.5. The van der Waals surface area contributed by atoms with Gasteiger partial charge >= 0.3 is 0 Å². The van der Waals surface area contributed by atoms with Crippen LogP contribution >= 0.6 is 0 Å². The van der Waals surface area contributed by atoms with E-state index in [4.69, 9.17) is 9.47 Å². The minimum Gasteiger partial charge on any atom is -0.497 e. The summed E-state index contributed by atoms with van der Waals surface area (Å²) in [4.78, 5) is 29.1. The number of methoxy groups -OCH3 is 1. The molecule has 4 rings (SSSR count). The van der Waals surface area contributed by atoms with E-state index in [9.17, 15) is 9.59 Å². The minimum atomic E-state index is -0.752. The number of nitrogens with zero attached hydrogens (tertiary/aromatic N) is 1. The molecule has 1 fully saturated rings. The SMILES string of the molecule is COc1ccc(CN(C(=O)CCc2ccccc2)[C@@H](C(=O)NC[C@@H]2CCCO2)c2ccccc2)cc1. The highest BCUT2D eigenvalue weighted by Gasteiger charge is 2.32. The van der Waals surface area contributed by atoms with Gasteiger partial charge in [-0.1, -0.05) is 72.8 Å². The molecule has 1 N–H and O–H groups in total. The van der Waals surface area contributed by atoms with Gasteiger partial charge in [-0.25, -0.2) is 0 Å². The van der Waals surface area contributed by atoms with E-state index in [1.165, 1.54) is 0 Å². The van der Waals surface area contributed by atoms with Gasteiger partial charge in [0.1, 0.15) is 11.8 Å². The third kappa shape index (κ3) is 6.95. The van der Waals surface area contributed by atoms with Crippen molar-refractivity contribution >= 4 is 11.8 Å². The topological polar surface area (TPSA) is 67.9 Å². The van der Waals surface area contributed by atoms with Crippen molar-refractivity contribution in [3.63, 3.8) is 0 Å². The van der Waals surface area contributed by atoms with Crippen LogP contribution in [0, 0.1) is 0 Å². The fraction of sp³-hybridized carbons (Fsp3) is 0.333. The smallest absolute Gasteiger partial charge is 0.247 e. The first-order valence-corrected chi connectivity index (χ1v) is 12.5. The molecule has 36 heavy (non-hydrogen) atoms. The zero-order valence-corrected chi connectivity index (χ0v) is 20.8. The van der Waals surface area contributed by atoms with E-state index in [0.717, 1.165) is 41.9 Å². The first-order chi connectivity index (χ1) is 17.6. The third-order valence-corrected chi connectivity index (χ3v) is 6.51. The molecule has 3 aromatic rings. The van der Waals surface area contributed by atoms with Gasteiger partial charge in [0.25, 0.3) is 0 Å². The Balaban J connectivity index is 1.60. The molecule has 0 radical (unpaired) electrons. The van der Waals surface area contributed by atoms with Crippen LogP contribution in [-0.4, -0.2) is 43.1 Å². The Bertz CT molecular complexity index is 1100. The Morgan fingerprint density at radius 1 is 0.972 bits per heavy atom. The molecular weight excluding hydrogens is 452 g/mol. The lowest BCUT2D eigenvalue weighted by atomic mass is 10.0. The predicted octanol–water partition coefficient (Wildman–Crippen LogP) is 4.69. The van der Waals surface area contributed by atoms with E-state index < -0.39 is 6.04 Å². The molecule has 0 spiro atoms. The molecule has 1 aliphatic rings. The number of nitrogens with one attached hydrogen (secondary N) is 1. The number of hydrogen-bond acceptors (Lipinski definition) is 4. The van der Waals surface area contributed by atoms with Crippen molar-refractivity contribution in [1.29, 1.82) is 0 Å². The summed E-state index contributed by atoms with van der Waals surface area (Å²) in [6, 6.07) is 26.3. The van der Waals surface area contributed by atoms with Crippen LogP contribution in [0.4, 0.5) is 0 Å². The third-order valence-electron chi connectivity index (χ3n) is 6.51. The first-order valence-electron chi connectivity index (χ1n) is 12.5. The Morgan fingerprint density at radius 2 is 1.67 bits per heavy atom. The van der Waals surface area contributed by atoms with E-state index in [1.807, 2.05) is 84.9 Å². The zero-order valence-electron chi connectivity index (χ0n) is 20.8. The number of aryl methyl sites for hydroxylation is 1. The molecule has 6 heteroatoms. The average molecular weight is 487 g/mol. The maximum Gasteiger partial charge on any atom is 0.247 e. The molecule has 188 valence electrons. The van der Waals surface area contributed by atoms with Crippen molar-refractivity contribution in [2.75, 3.05) is 20.3 Å². The van der Waals surface area contributed by atoms with Gasteiger partial charge in [0.15, 0.2) is 0 Å². The van der Waals surface area contributed by atoms with Crippen molar-refractivity contribution in [3.05, 3.63) is 102 Å². The lowest BCUT2D eigenvalue weighted by Crippen LogP contribution is -2.45. The van der Waals surface area contributed by atoms with Gasteiger partial charge in [0.05, 0.1) is 13.2 Å². The molecule has 0 aliphatic carbocycles. The number of benzene rings is 3. The quantitative estimate of drug-likeness (QED) is 0.427. The number of ether oxygens (including phenoxy) is 2. The summed E-state index contributed by atoms with van der Waals surface area (Å²) in [5.41, 5.74) is 2.80. The molecule has 3 aromatic carbocycles. The summed E-state index contributed by atoms with van der Waals surface area (Å²) in [6.45, 7) is 1.48. The monoisotopic (exact) mass is 486 g/mol. The van der Waals surface area contributed by atoms with Crippen LogP contribution in [0.1, 0.15) is 42.0 Å². The Labute approximate surface area is 213 Å².